The van der Waals surface area contributed by atoms with E-state index in [4.69, 9.17) is 0 Å². The summed E-state index contributed by atoms with van der Waals surface area (Å²) < 4.78 is 2.01. The largest absolute Gasteiger partial charge is 0.326 e. The third-order valence-electron chi connectivity index (χ3n) is 3.67. The molecule has 3 rings (SSSR count). The maximum Gasteiger partial charge on any atom is 0.221 e. The van der Waals surface area contributed by atoms with Crippen molar-refractivity contribution in [3.63, 3.8) is 0 Å². The van der Waals surface area contributed by atoms with Crippen molar-refractivity contribution < 1.29 is 4.79 Å². The van der Waals surface area contributed by atoms with Crippen molar-refractivity contribution in [1.29, 1.82) is 0 Å². The Hall–Kier alpha value is -2.60. The summed E-state index contributed by atoms with van der Waals surface area (Å²) >= 11 is 1.65. The minimum absolute atomic E-state index is 0.0910. The van der Waals surface area contributed by atoms with Gasteiger partial charge in [0, 0.05) is 18.4 Å². The molecule has 3 aromatic rings. The van der Waals surface area contributed by atoms with Crippen molar-refractivity contribution in [3.05, 3.63) is 65.5 Å². The Morgan fingerprint density at radius 1 is 1.12 bits per heavy atom. The van der Waals surface area contributed by atoms with Crippen LogP contribution in [0.25, 0.3) is 5.69 Å². The summed E-state index contributed by atoms with van der Waals surface area (Å²) in [6.07, 6.45) is 0. The zero-order valence-electron chi connectivity index (χ0n) is 14.5. The number of hydrogen-bond acceptors (Lipinski definition) is 4. The van der Waals surface area contributed by atoms with Crippen LogP contribution < -0.4 is 5.32 Å². The van der Waals surface area contributed by atoms with Crippen molar-refractivity contribution >= 4 is 23.4 Å². The van der Waals surface area contributed by atoms with Gasteiger partial charge in [0.1, 0.15) is 5.82 Å². The van der Waals surface area contributed by atoms with Crippen LogP contribution in [0.1, 0.15) is 23.9 Å². The standard InChI is InChI=1S/C19H20N4OS/c1-13-6-4-7-16(10-13)12-25-19-22-21-14(2)23(19)18-9-5-8-17(11-18)20-15(3)24/h4-11H,12H2,1-3H3,(H,20,24). The third kappa shape index (κ3) is 4.28. The lowest BCUT2D eigenvalue weighted by Crippen LogP contribution is -2.07. The summed E-state index contributed by atoms with van der Waals surface area (Å²) in [7, 11) is 0. The predicted molar refractivity (Wildman–Crippen MR) is 101 cm³/mol. The molecule has 0 saturated heterocycles. The minimum Gasteiger partial charge on any atom is -0.326 e. The molecule has 0 aliphatic heterocycles. The number of aryl methyl sites for hydroxylation is 2. The van der Waals surface area contributed by atoms with Crippen LogP contribution in [0.5, 0.6) is 0 Å². The molecular formula is C19H20N4OS. The van der Waals surface area contributed by atoms with E-state index < -0.39 is 0 Å². The second-order valence-corrected chi connectivity index (χ2v) is 6.82. The Labute approximate surface area is 151 Å². The van der Waals surface area contributed by atoms with Crippen LogP contribution in [0, 0.1) is 13.8 Å². The van der Waals surface area contributed by atoms with Crippen LogP contribution >= 0.6 is 11.8 Å². The number of benzene rings is 2. The fourth-order valence-electron chi connectivity index (χ4n) is 2.61. The number of carbonyl (C=O) groups is 1. The van der Waals surface area contributed by atoms with E-state index in [0.29, 0.717) is 0 Å². The molecule has 0 unspecified atom stereocenters. The molecule has 0 spiro atoms. The van der Waals surface area contributed by atoms with Crippen molar-refractivity contribution in [2.24, 2.45) is 0 Å². The number of hydrogen-bond donors (Lipinski definition) is 1. The topological polar surface area (TPSA) is 59.8 Å². The fourth-order valence-corrected chi connectivity index (χ4v) is 3.55. The molecule has 0 bridgehead atoms. The number of rotatable bonds is 5. The van der Waals surface area contributed by atoms with Gasteiger partial charge in [-0.15, -0.1) is 10.2 Å². The van der Waals surface area contributed by atoms with Gasteiger partial charge in [0.2, 0.25) is 5.91 Å². The SMILES string of the molecule is CC(=O)Nc1cccc(-n2c(C)nnc2SCc2cccc(C)c2)c1. The molecule has 1 aromatic heterocycles. The molecule has 128 valence electrons. The molecule has 0 aliphatic rings. The molecule has 1 N–H and O–H groups in total. The Kier molecular flexibility index (Phi) is 5.19. The van der Waals surface area contributed by atoms with Crippen LogP contribution in [0.15, 0.2) is 53.7 Å². The summed E-state index contributed by atoms with van der Waals surface area (Å²) in [5.74, 6) is 1.55. The second kappa shape index (κ2) is 7.53. The summed E-state index contributed by atoms with van der Waals surface area (Å²) in [5.41, 5.74) is 4.19. The van der Waals surface area contributed by atoms with E-state index in [0.717, 1.165) is 28.1 Å². The van der Waals surface area contributed by atoms with Gasteiger partial charge in [-0.1, -0.05) is 47.7 Å². The number of aromatic nitrogens is 3. The van der Waals surface area contributed by atoms with Crippen LogP contribution in [-0.4, -0.2) is 20.7 Å². The van der Waals surface area contributed by atoms with Crippen LogP contribution in [0.2, 0.25) is 0 Å². The highest BCUT2D eigenvalue weighted by Gasteiger charge is 2.12. The number of nitrogens with zero attached hydrogens (tertiary/aromatic N) is 3. The molecule has 0 aliphatic carbocycles. The van der Waals surface area contributed by atoms with Crippen molar-refractivity contribution in [3.8, 4) is 5.69 Å². The van der Waals surface area contributed by atoms with E-state index in [1.165, 1.54) is 18.1 Å². The Balaban J connectivity index is 1.85. The Bertz CT molecular complexity index is 904. The first kappa shape index (κ1) is 17.2. The lowest BCUT2D eigenvalue weighted by molar-refractivity contribution is -0.114. The molecule has 2 aromatic carbocycles. The monoisotopic (exact) mass is 352 g/mol. The average Bonchev–Trinajstić information content (AvgIpc) is 2.93. The molecule has 0 atom stereocenters. The first-order chi connectivity index (χ1) is 12.0. The highest BCUT2D eigenvalue weighted by atomic mass is 32.2. The first-order valence-electron chi connectivity index (χ1n) is 8.01. The summed E-state index contributed by atoms with van der Waals surface area (Å²) in [5, 5.41) is 12.2. The number of amides is 1. The lowest BCUT2D eigenvalue weighted by Gasteiger charge is -2.10. The summed E-state index contributed by atoms with van der Waals surface area (Å²) in [6, 6.07) is 16.1. The number of anilines is 1. The van der Waals surface area contributed by atoms with Gasteiger partial charge in [-0.05, 0) is 37.6 Å². The van der Waals surface area contributed by atoms with Crippen LogP contribution in [0.3, 0.4) is 0 Å². The van der Waals surface area contributed by atoms with E-state index in [-0.39, 0.29) is 5.91 Å². The zero-order valence-corrected chi connectivity index (χ0v) is 15.3. The van der Waals surface area contributed by atoms with Gasteiger partial charge in [-0.3, -0.25) is 9.36 Å². The smallest absolute Gasteiger partial charge is 0.221 e. The Morgan fingerprint density at radius 2 is 1.92 bits per heavy atom. The molecule has 0 saturated carbocycles. The normalized spacial score (nSPS) is 10.7. The van der Waals surface area contributed by atoms with Gasteiger partial charge in [-0.2, -0.15) is 0 Å². The Morgan fingerprint density at radius 3 is 2.68 bits per heavy atom. The van der Waals surface area contributed by atoms with E-state index >= 15 is 0 Å². The van der Waals surface area contributed by atoms with Gasteiger partial charge >= 0.3 is 0 Å². The lowest BCUT2D eigenvalue weighted by atomic mass is 10.2. The van der Waals surface area contributed by atoms with E-state index in [1.807, 2.05) is 35.8 Å². The van der Waals surface area contributed by atoms with E-state index in [1.54, 1.807) is 11.8 Å². The van der Waals surface area contributed by atoms with Crippen molar-refractivity contribution in [1.82, 2.24) is 14.8 Å². The van der Waals surface area contributed by atoms with Gasteiger partial charge in [0.05, 0.1) is 5.69 Å². The molecule has 5 nitrogen and oxygen atoms in total. The molecule has 1 heterocycles. The second-order valence-electron chi connectivity index (χ2n) is 5.87. The minimum atomic E-state index is -0.0910. The fraction of sp³-hybridized carbons (Fsp3) is 0.211. The van der Waals surface area contributed by atoms with Crippen molar-refractivity contribution in [2.75, 3.05) is 5.32 Å². The van der Waals surface area contributed by atoms with Gasteiger partial charge < -0.3 is 5.32 Å². The van der Waals surface area contributed by atoms with E-state index in [2.05, 4.69) is 46.7 Å². The van der Waals surface area contributed by atoms with Gasteiger partial charge in [0.15, 0.2) is 5.16 Å². The third-order valence-corrected chi connectivity index (χ3v) is 4.67. The molecule has 6 heteroatoms. The quantitative estimate of drug-likeness (QED) is 0.701. The summed E-state index contributed by atoms with van der Waals surface area (Å²) in [6.45, 7) is 5.52. The highest BCUT2D eigenvalue weighted by molar-refractivity contribution is 7.98. The number of thioether (sulfide) groups is 1. The number of nitrogens with one attached hydrogen (secondary N) is 1. The summed E-state index contributed by atoms with van der Waals surface area (Å²) in [4.78, 5) is 11.3. The van der Waals surface area contributed by atoms with E-state index in [9.17, 15) is 4.79 Å². The first-order valence-corrected chi connectivity index (χ1v) is 9.00. The molecule has 25 heavy (non-hydrogen) atoms. The van der Waals surface area contributed by atoms with Gasteiger partial charge in [0.25, 0.3) is 0 Å². The highest BCUT2D eigenvalue weighted by Crippen LogP contribution is 2.26. The van der Waals surface area contributed by atoms with Crippen molar-refractivity contribution in [2.45, 2.75) is 31.7 Å². The number of carbonyl (C=O) groups excluding carboxylic acids is 1. The molecule has 0 fully saturated rings. The van der Waals surface area contributed by atoms with Gasteiger partial charge in [-0.25, -0.2) is 0 Å². The predicted octanol–water partition coefficient (Wildman–Crippen LogP) is 4.13. The maximum atomic E-state index is 11.3. The molecule has 0 radical (unpaired) electrons. The maximum absolute atomic E-state index is 11.3. The molecule has 1 amide bonds. The van der Waals surface area contributed by atoms with Crippen LogP contribution in [-0.2, 0) is 10.5 Å². The molecular weight excluding hydrogens is 332 g/mol. The zero-order chi connectivity index (χ0) is 17.8. The average molecular weight is 352 g/mol. The van der Waals surface area contributed by atoms with Crippen LogP contribution in [0.4, 0.5) is 5.69 Å².